The van der Waals surface area contributed by atoms with Crippen LogP contribution in [0.3, 0.4) is 0 Å². The monoisotopic (exact) mass is 347 g/mol. The highest BCUT2D eigenvalue weighted by molar-refractivity contribution is 5.94. The molecular formula is C21H21N3O2. The molecule has 1 N–H and O–H groups in total. The molecule has 0 amide bonds. The van der Waals surface area contributed by atoms with Crippen molar-refractivity contribution in [2.24, 2.45) is 0 Å². The van der Waals surface area contributed by atoms with Gasteiger partial charge in [-0.2, -0.15) is 0 Å². The molecule has 1 unspecified atom stereocenters. The van der Waals surface area contributed by atoms with Gasteiger partial charge in [-0.25, -0.2) is 9.78 Å². The van der Waals surface area contributed by atoms with Crippen LogP contribution in [0.15, 0.2) is 59.8 Å². The zero-order chi connectivity index (χ0) is 18.3. The average Bonchev–Trinajstić information content (AvgIpc) is 2.99. The van der Waals surface area contributed by atoms with Gasteiger partial charge < -0.3 is 10.1 Å². The van der Waals surface area contributed by atoms with E-state index in [2.05, 4.69) is 28.9 Å². The maximum Gasteiger partial charge on any atom is 0.338 e. The number of carbonyl (C=O) groups is 1. The fourth-order valence-electron chi connectivity index (χ4n) is 3.62. The molecule has 5 nitrogen and oxygen atoms in total. The molecule has 0 spiro atoms. The third-order valence-electron chi connectivity index (χ3n) is 4.81. The molecule has 0 aliphatic carbocycles. The number of aryl methyl sites for hydroxylation is 1. The number of para-hydroxylation sites is 2. The quantitative estimate of drug-likeness (QED) is 0.722. The van der Waals surface area contributed by atoms with Crippen LogP contribution >= 0.6 is 0 Å². The van der Waals surface area contributed by atoms with Crippen LogP contribution in [-0.2, 0) is 9.53 Å². The van der Waals surface area contributed by atoms with Gasteiger partial charge in [0, 0.05) is 5.70 Å². The number of benzene rings is 2. The van der Waals surface area contributed by atoms with Crippen molar-refractivity contribution in [1.29, 1.82) is 0 Å². The first-order chi connectivity index (χ1) is 12.6. The molecule has 2 heterocycles. The lowest BCUT2D eigenvalue weighted by Gasteiger charge is -2.31. The maximum atomic E-state index is 12.8. The lowest BCUT2D eigenvalue weighted by atomic mass is 9.92. The Morgan fingerprint density at radius 3 is 2.65 bits per heavy atom. The maximum absolute atomic E-state index is 12.8. The molecule has 4 rings (SSSR count). The van der Waals surface area contributed by atoms with Crippen LogP contribution in [0.2, 0.25) is 0 Å². The van der Waals surface area contributed by atoms with Crippen molar-refractivity contribution < 1.29 is 9.53 Å². The van der Waals surface area contributed by atoms with Crippen molar-refractivity contribution in [3.63, 3.8) is 0 Å². The predicted octanol–water partition coefficient (Wildman–Crippen LogP) is 4.20. The molecule has 1 aliphatic rings. The molecule has 0 saturated heterocycles. The topological polar surface area (TPSA) is 56.1 Å². The Morgan fingerprint density at radius 2 is 1.88 bits per heavy atom. The normalized spacial score (nSPS) is 16.3. The Labute approximate surface area is 152 Å². The van der Waals surface area contributed by atoms with E-state index in [1.54, 1.807) is 0 Å². The number of anilines is 1. The van der Waals surface area contributed by atoms with Crippen LogP contribution in [0.5, 0.6) is 0 Å². The fourth-order valence-corrected chi connectivity index (χ4v) is 3.62. The largest absolute Gasteiger partial charge is 0.463 e. The number of esters is 1. The van der Waals surface area contributed by atoms with Crippen LogP contribution in [0.25, 0.3) is 11.0 Å². The van der Waals surface area contributed by atoms with E-state index in [1.807, 2.05) is 50.2 Å². The van der Waals surface area contributed by atoms with Crippen molar-refractivity contribution in [3.8, 4) is 0 Å². The van der Waals surface area contributed by atoms with Crippen molar-refractivity contribution in [3.05, 3.63) is 70.9 Å². The first-order valence-electron chi connectivity index (χ1n) is 8.79. The molecule has 0 radical (unpaired) electrons. The van der Waals surface area contributed by atoms with E-state index in [4.69, 9.17) is 9.72 Å². The summed E-state index contributed by atoms with van der Waals surface area (Å²) in [6, 6.07) is 15.8. The summed E-state index contributed by atoms with van der Waals surface area (Å²) in [4.78, 5) is 17.5. The van der Waals surface area contributed by atoms with E-state index in [1.165, 1.54) is 0 Å². The minimum Gasteiger partial charge on any atom is -0.463 e. The highest BCUT2D eigenvalue weighted by Gasteiger charge is 2.35. The highest BCUT2D eigenvalue weighted by Crippen LogP contribution is 2.40. The van der Waals surface area contributed by atoms with Gasteiger partial charge in [-0.15, -0.1) is 0 Å². The summed E-state index contributed by atoms with van der Waals surface area (Å²) in [6.45, 7) is 6.13. The predicted molar refractivity (Wildman–Crippen MR) is 102 cm³/mol. The molecule has 1 aliphatic heterocycles. The van der Waals surface area contributed by atoms with Gasteiger partial charge >= 0.3 is 5.97 Å². The minimum atomic E-state index is -0.297. The Hall–Kier alpha value is -3.08. The first-order valence-corrected chi connectivity index (χ1v) is 8.79. The average molecular weight is 347 g/mol. The number of imidazole rings is 1. The van der Waals surface area contributed by atoms with Gasteiger partial charge in [0.2, 0.25) is 5.95 Å². The van der Waals surface area contributed by atoms with E-state index < -0.39 is 0 Å². The number of hydrogen-bond acceptors (Lipinski definition) is 4. The van der Waals surface area contributed by atoms with E-state index in [0.29, 0.717) is 12.2 Å². The molecule has 132 valence electrons. The minimum absolute atomic E-state index is 0.279. The lowest BCUT2D eigenvalue weighted by molar-refractivity contribution is -0.139. The van der Waals surface area contributed by atoms with E-state index in [0.717, 1.165) is 33.8 Å². The molecule has 1 atom stereocenters. The Bertz CT molecular complexity index is 1030. The number of fused-ring (bicyclic) bond motifs is 3. The van der Waals surface area contributed by atoms with Crippen LogP contribution < -0.4 is 5.32 Å². The number of aromatic nitrogens is 2. The summed E-state index contributed by atoms with van der Waals surface area (Å²) >= 11 is 0. The third-order valence-corrected chi connectivity index (χ3v) is 4.81. The van der Waals surface area contributed by atoms with E-state index in [-0.39, 0.29) is 12.0 Å². The van der Waals surface area contributed by atoms with Gasteiger partial charge in [-0.3, -0.25) is 4.57 Å². The van der Waals surface area contributed by atoms with Crippen molar-refractivity contribution in [1.82, 2.24) is 9.55 Å². The second-order valence-corrected chi connectivity index (χ2v) is 6.44. The van der Waals surface area contributed by atoms with Crippen LogP contribution in [0.1, 0.15) is 31.0 Å². The van der Waals surface area contributed by atoms with Gasteiger partial charge in [0.15, 0.2) is 0 Å². The highest BCUT2D eigenvalue weighted by atomic mass is 16.5. The molecular weight excluding hydrogens is 326 g/mol. The van der Waals surface area contributed by atoms with Gasteiger partial charge in [0.1, 0.15) is 0 Å². The Balaban J connectivity index is 2.01. The van der Waals surface area contributed by atoms with Crippen LogP contribution in [0, 0.1) is 6.92 Å². The number of allylic oxidation sites excluding steroid dienone is 1. The molecule has 5 heteroatoms. The summed E-state index contributed by atoms with van der Waals surface area (Å²) in [6.07, 6.45) is 0. The zero-order valence-corrected chi connectivity index (χ0v) is 15.1. The number of rotatable bonds is 3. The Kier molecular flexibility index (Phi) is 3.99. The number of hydrogen-bond donors (Lipinski definition) is 1. The fraction of sp³-hybridized carbons (Fsp3) is 0.238. The Morgan fingerprint density at radius 1 is 1.15 bits per heavy atom. The van der Waals surface area contributed by atoms with Gasteiger partial charge in [0.25, 0.3) is 0 Å². The smallest absolute Gasteiger partial charge is 0.338 e. The molecule has 0 saturated carbocycles. The van der Waals surface area contributed by atoms with Crippen LogP contribution in [0.4, 0.5) is 5.95 Å². The molecule has 0 fully saturated rings. The molecule has 3 aromatic rings. The molecule has 1 aromatic heterocycles. The SMILES string of the molecule is CCOC(=O)C1=C(C)Nc2nc3ccccc3n2C1c1ccccc1C. The third kappa shape index (κ3) is 2.47. The van der Waals surface area contributed by atoms with Crippen LogP contribution in [-0.4, -0.2) is 22.1 Å². The van der Waals surface area contributed by atoms with E-state index >= 15 is 0 Å². The summed E-state index contributed by atoms with van der Waals surface area (Å²) in [5, 5.41) is 3.29. The number of nitrogens with zero attached hydrogens (tertiary/aromatic N) is 2. The first kappa shape index (κ1) is 16.4. The van der Waals surface area contributed by atoms with Crippen molar-refractivity contribution >= 4 is 23.0 Å². The lowest BCUT2D eigenvalue weighted by Crippen LogP contribution is -2.29. The summed E-state index contributed by atoms with van der Waals surface area (Å²) in [5.41, 5.74) is 5.47. The second kappa shape index (κ2) is 6.33. The standard InChI is InChI=1S/C21H21N3O2/c1-4-26-20(25)18-14(3)22-21-23-16-11-7-8-12-17(16)24(21)19(18)15-10-6-5-9-13(15)2/h5-12,19H,4H2,1-3H3,(H,22,23). The van der Waals surface area contributed by atoms with E-state index in [9.17, 15) is 4.79 Å². The number of nitrogens with one attached hydrogen (secondary N) is 1. The van der Waals surface area contributed by atoms with Gasteiger partial charge in [-0.05, 0) is 44.0 Å². The molecule has 26 heavy (non-hydrogen) atoms. The number of ether oxygens (including phenoxy) is 1. The summed E-state index contributed by atoms with van der Waals surface area (Å²) < 4.78 is 7.47. The summed E-state index contributed by atoms with van der Waals surface area (Å²) in [5.74, 6) is 0.444. The van der Waals surface area contributed by atoms with Gasteiger partial charge in [-0.1, -0.05) is 36.4 Å². The molecule has 2 aromatic carbocycles. The second-order valence-electron chi connectivity index (χ2n) is 6.44. The molecule has 0 bridgehead atoms. The zero-order valence-electron chi connectivity index (χ0n) is 15.1. The number of carbonyl (C=O) groups excluding carboxylic acids is 1. The van der Waals surface area contributed by atoms with Crippen molar-refractivity contribution in [2.45, 2.75) is 26.8 Å². The van der Waals surface area contributed by atoms with Crippen molar-refractivity contribution in [2.75, 3.05) is 11.9 Å². The summed E-state index contributed by atoms with van der Waals surface area (Å²) in [7, 11) is 0. The van der Waals surface area contributed by atoms with Gasteiger partial charge in [0.05, 0.1) is 29.3 Å².